The smallest absolute Gasteiger partial charge is 0.258 e. The van der Waals surface area contributed by atoms with Crippen LogP contribution in [0.2, 0.25) is 0 Å². The summed E-state index contributed by atoms with van der Waals surface area (Å²) in [5.74, 6) is 5.32. The molecule has 1 saturated heterocycles. The summed E-state index contributed by atoms with van der Waals surface area (Å²) < 4.78 is 8.44. The van der Waals surface area contributed by atoms with Crippen LogP contribution in [0.1, 0.15) is 93.8 Å². The molecule has 5 saturated carbocycles. The molecule has 0 radical (unpaired) electrons. The predicted molar refractivity (Wildman–Crippen MR) is 133 cm³/mol. The third-order valence-electron chi connectivity index (χ3n) is 9.95. The lowest BCUT2D eigenvalue weighted by atomic mass is 9.54. The van der Waals surface area contributed by atoms with Gasteiger partial charge in [-0.2, -0.15) is 5.10 Å². The summed E-state index contributed by atoms with van der Waals surface area (Å²) in [6, 6.07) is 0.351. The molecule has 0 aromatic carbocycles. The van der Waals surface area contributed by atoms with Gasteiger partial charge >= 0.3 is 0 Å². The molecule has 0 unspecified atom stereocenters. The molecule has 0 spiro atoms. The van der Waals surface area contributed by atoms with Crippen LogP contribution in [0, 0.1) is 35.5 Å². The number of nitrogens with one attached hydrogen (secondary N) is 2. The molecular formula is C28H44N4O2. The van der Waals surface area contributed by atoms with Gasteiger partial charge in [-0.3, -0.25) is 4.79 Å². The van der Waals surface area contributed by atoms with Crippen molar-refractivity contribution < 1.29 is 9.53 Å². The van der Waals surface area contributed by atoms with Gasteiger partial charge in [0, 0.05) is 12.6 Å². The molecule has 7 rings (SSSR count). The second-order valence-electron chi connectivity index (χ2n) is 12.3. The Morgan fingerprint density at radius 2 is 1.68 bits per heavy atom. The highest BCUT2D eigenvalue weighted by Gasteiger charge is 2.48. The van der Waals surface area contributed by atoms with E-state index in [1.165, 1.54) is 77.0 Å². The number of aryl methyl sites for hydroxylation is 1. The molecule has 188 valence electrons. The Morgan fingerprint density at radius 3 is 2.38 bits per heavy atom. The molecule has 2 heterocycles. The van der Waals surface area contributed by atoms with Crippen LogP contribution in [0.4, 0.5) is 0 Å². The molecule has 4 bridgehead atoms. The van der Waals surface area contributed by atoms with Gasteiger partial charge in [0.25, 0.3) is 5.91 Å². The molecule has 5 aliphatic carbocycles. The Kier molecular flexibility index (Phi) is 6.86. The topological polar surface area (TPSA) is 68.2 Å². The van der Waals surface area contributed by atoms with E-state index < -0.39 is 0 Å². The van der Waals surface area contributed by atoms with E-state index in [9.17, 15) is 4.79 Å². The summed E-state index contributed by atoms with van der Waals surface area (Å²) in [5, 5.41) is 11.6. The van der Waals surface area contributed by atoms with Gasteiger partial charge in [-0.05, 0) is 113 Å². The van der Waals surface area contributed by atoms with Crippen LogP contribution in [-0.4, -0.2) is 41.4 Å². The number of ether oxygens (including phenoxy) is 1. The van der Waals surface area contributed by atoms with Crippen LogP contribution < -0.4 is 15.4 Å². The van der Waals surface area contributed by atoms with Crippen LogP contribution in [0.3, 0.4) is 0 Å². The molecule has 2 N–H and O–H groups in total. The normalized spacial score (nSPS) is 33.8. The minimum Gasteiger partial charge on any atom is -0.477 e. The fraction of sp³-hybridized carbons (Fsp3) is 0.857. The number of piperidine rings is 1. The van der Waals surface area contributed by atoms with Gasteiger partial charge < -0.3 is 15.4 Å². The number of rotatable bonds is 8. The van der Waals surface area contributed by atoms with Crippen molar-refractivity contribution in [2.75, 3.05) is 19.7 Å². The van der Waals surface area contributed by atoms with Crippen molar-refractivity contribution in [3.63, 3.8) is 0 Å². The Hall–Kier alpha value is -1.56. The maximum Gasteiger partial charge on any atom is 0.258 e. The summed E-state index contributed by atoms with van der Waals surface area (Å²) in [6.07, 6.45) is 18.5. The quantitative estimate of drug-likeness (QED) is 0.576. The third-order valence-corrected chi connectivity index (χ3v) is 9.95. The van der Waals surface area contributed by atoms with Crippen molar-refractivity contribution in [2.24, 2.45) is 35.5 Å². The first-order chi connectivity index (χ1) is 16.7. The number of aromatic nitrogens is 2. The van der Waals surface area contributed by atoms with Crippen LogP contribution >= 0.6 is 0 Å². The Morgan fingerprint density at radius 1 is 0.971 bits per heavy atom. The molecule has 6 aliphatic rings. The summed E-state index contributed by atoms with van der Waals surface area (Å²) in [6.45, 7) is 3.80. The summed E-state index contributed by atoms with van der Waals surface area (Å²) in [4.78, 5) is 13.6. The van der Waals surface area contributed by atoms with E-state index in [-0.39, 0.29) is 5.91 Å². The third kappa shape index (κ3) is 4.89. The Balaban J connectivity index is 1.15. The number of carbonyl (C=O) groups is 1. The zero-order valence-corrected chi connectivity index (χ0v) is 20.9. The van der Waals surface area contributed by atoms with Gasteiger partial charge in [0.2, 0.25) is 5.88 Å². The predicted octanol–water partition coefficient (Wildman–Crippen LogP) is 4.79. The lowest BCUT2D eigenvalue weighted by Gasteiger charge is -2.54. The van der Waals surface area contributed by atoms with E-state index >= 15 is 0 Å². The zero-order chi connectivity index (χ0) is 22.9. The number of amides is 1. The molecule has 0 atom stereocenters. The maximum absolute atomic E-state index is 13.6. The highest BCUT2D eigenvalue weighted by Crippen LogP contribution is 2.53. The molecule has 1 aromatic heterocycles. The Bertz CT molecular complexity index is 811. The van der Waals surface area contributed by atoms with Crippen molar-refractivity contribution >= 4 is 5.91 Å². The van der Waals surface area contributed by atoms with Crippen LogP contribution in [-0.2, 0) is 6.54 Å². The first-order valence-electron chi connectivity index (χ1n) is 14.4. The minimum absolute atomic E-state index is 0.0456. The average Bonchev–Trinajstić information content (AvgIpc) is 3.27. The molecular weight excluding hydrogens is 424 g/mol. The zero-order valence-electron chi connectivity index (χ0n) is 20.9. The van der Waals surface area contributed by atoms with E-state index in [2.05, 4.69) is 15.7 Å². The second-order valence-corrected chi connectivity index (χ2v) is 12.3. The fourth-order valence-corrected chi connectivity index (χ4v) is 8.26. The van der Waals surface area contributed by atoms with E-state index in [0.29, 0.717) is 29.4 Å². The number of carbonyl (C=O) groups excluding carboxylic acids is 1. The molecule has 6 heteroatoms. The van der Waals surface area contributed by atoms with Crippen molar-refractivity contribution in [2.45, 2.75) is 96.1 Å². The van der Waals surface area contributed by atoms with Gasteiger partial charge in [0.1, 0.15) is 5.56 Å². The molecule has 6 nitrogen and oxygen atoms in total. The average molecular weight is 469 g/mol. The number of nitrogens with zero attached hydrogens (tertiary/aromatic N) is 2. The molecule has 1 aliphatic heterocycles. The molecule has 6 fully saturated rings. The van der Waals surface area contributed by atoms with Crippen molar-refractivity contribution in [1.82, 2.24) is 20.4 Å². The highest BCUT2D eigenvalue weighted by molar-refractivity contribution is 5.96. The van der Waals surface area contributed by atoms with Gasteiger partial charge in [0.05, 0.1) is 12.8 Å². The first-order valence-corrected chi connectivity index (χ1v) is 14.4. The first kappa shape index (κ1) is 22.9. The molecule has 1 amide bonds. The number of hydrogen-bond acceptors (Lipinski definition) is 4. The van der Waals surface area contributed by atoms with Crippen molar-refractivity contribution in [3.05, 3.63) is 11.8 Å². The van der Waals surface area contributed by atoms with E-state index in [1.54, 1.807) is 6.20 Å². The molecule has 34 heavy (non-hydrogen) atoms. The monoisotopic (exact) mass is 468 g/mol. The Labute approximate surface area is 205 Å². The second kappa shape index (κ2) is 10.2. The minimum atomic E-state index is 0.0456. The van der Waals surface area contributed by atoms with Gasteiger partial charge in [-0.1, -0.05) is 19.3 Å². The summed E-state index contributed by atoms with van der Waals surface area (Å²) in [5.41, 5.74) is 0.662. The standard InChI is InChI=1S/C28H44N4O2/c33-27(31-26-23-13-21-12-22(15-23)16-24(26)14-21)25-17-30-32(11-8-19-6-9-29-10-7-19)28(25)34-18-20-4-2-1-3-5-20/h17,19-24,26,29H,1-16,18H2,(H,31,33). The van der Waals surface area contributed by atoms with Crippen LogP contribution in [0.5, 0.6) is 5.88 Å². The SMILES string of the molecule is O=C(NC1C2CC3CC(C2)CC1C3)c1cnn(CCC2CCNCC2)c1OCC1CCCCC1. The van der Waals surface area contributed by atoms with E-state index in [4.69, 9.17) is 4.74 Å². The summed E-state index contributed by atoms with van der Waals surface area (Å²) in [7, 11) is 0. The summed E-state index contributed by atoms with van der Waals surface area (Å²) >= 11 is 0. The number of hydrogen-bond donors (Lipinski definition) is 2. The lowest BCUT2D eigenvalue weighted by molar-refractivity contribution is -0.0120. The van der Waals surface area contributed by atoms with Gasteiger partial charge in [-0.25, -0.2) is 4.68 Å². The largest absolute Gasteiger partial charge is 0.477 e. The van der Waals surface area contributed by atoms with E-state index in [0.717, 1.165) is 56.3 Å². The van der Waals surface area contributed by atoms with Gasteiger partial charge in [-0.15, -0.1) is 0 Å². The van der Waals surface area contributed by atoms with Crippen molar-refractivity contribution in [1.29, 1.82) is 0 Å². The highest BCUT2D eigenvalue weighted by atomic mass is 16.5. The lowest BCUT2D eigenvalue weighted by Crippen LogP contribution is -2.55. The molecule has 1 aromatic rings. The van der Waals surface area contributed by atoms with Crippen LogP contribution in [0.25, 0.3) is 0 Å². The van der Waals surface area contributed by atoms with Crippen LogP contribution in [0.15, 0.2) is 6.20 Å². The van der Waals surface area contributed by atoms with Crippen molar-refractivity contribution in [3.8, 4) is 5.88 Å². The fourth-order valence-electron chi connectivity index (χ4n) is 8.26. The van der Waals surface area contributed by atoms with Gasteiger partial charge in [0.15, 0.2) is 0 Å². The maximum atomic E-state index is 13.6. The van der Waals surface area contributed by atoms with E-state index in [1.807, 2.05) is 4.68 Å².